The smallest absolute Gasteiger partial charge is 0.159 e. The van der Waals surface area contributed by atoms with Crippen LogP contribution in [0.15, 0.2) is 18.2 Å². The lowest BCUT2D eigenvalue weighted by molar-refractivity contribution is 0.625. The topological polar surface area (TPSA) is 26.0 Å². The van der Waals surface area contributed by atoms with Gasteiger partial charge in [0.25, 0.3) is 0 Å². The van der Waals surface area contributed by atoms with Crippen molar-refractivity contribution in [1.29, 1.82) is 0 Å². The van der Waals surface area contributed by atoms with E-state index in [4.69, 9.17) is 5.73 Å². The summed E-state index contributed by atoms with van der Waals surface area (Å²) in [6.45, 7) is 0. The lowest BCUT2D eigenvalue weighted by Gasteiger charge is -1.95. The molecule has 2 N–H and O–H groups in total. The molecule has 3 heteroatoms. The molecule has 0 aliphatic rings. The summed E-state index contributed by atoms with van der Waals surface area (Å²) in [5.74, 6) is -0.321. The van der Waals surface area contributed by atoms with Crippen molar-refractivity contribution in [3.05, 3.63) is 27.6 Å². The van der Waals surface area contributed by atoms with Gasteiger partial charge in [-0.25, -0.2) is 4.39 Å². The Morgan fingerprint density at radius 1 is 1.44 bits per heavy atom. The maximum atomic E-state index is 12.6. The van der Waals surface area contributed by atoms with Gasteiger partial charge >= 0.3 is 0 Å². The Morgan fingerprint density at radius 2 is 2.11 bits per heavy atom. The second-order valence-electron chi connectivity index (χ2n) is 1.64. The molecule has 0 radical (unpaired) electrons. The SMILES string of the molecule is Nc1cccc(I)c1F. The van der Waals surface area contributed by atoms with Gasteiger partial charge in [-0.2, -0.15) is 0 Å². The second-order valence-corrected chi connectivity index (χ2v) is 2.81. The molecular weight excluding hydrogens is 232 g/mol. The van der Waals surface area contributed by atoms with Crippen molar-refractivity contribution in [2.45, 2.75) is 0 Å². The molecule has 0 fully saturated rings. The third-order valence-electron chi connectivity index (χ3n) is 0.981. The summed E-state index contributed by atoms with van der Waals surface area (Å²) in [4.78, 5) is 0. The number of nitrogen functional groups attached to an aromatic ring is 1. The van der Waals surface area contributed by atoms with E-state index < -0.39 is 0 Å². The van der Waals surface area contributed by atoms with Gasteiger partial charge in [0.15, 0.2) is 5.82 Å². The summed E-state index contributed by atoms with van der Waals surface area (Å²) >= 11 is 1.89. The Balaban J connectivity index is 3.25. The van der Waals surface area contributed by atoms with E-state index in [0.29, 0.717) is 3.57 Å². The minimum atomic E-state index is -0.321. The molecule has 0 heterocycles. The average molecular weight is 237 g/mol. The molecule has 1 aromatic carbocycles. The molecule has 0 aliphatic heterocycles. The fraction of sp³-hybridized carbons (Fsp3) is 0. The van der Waals surface area contributed by atoms with Crippen LogP contribution < -0.4 is 5.73 Å². The van der Waals surface area contributed by atoms with Gasteiger partial charge < -0.3 is 5.73 Å². The van der Waals surface area contributed by atoms with Crippen LogP contribution in [0.5, 0.6) is 0 Å². The number of benzene rings is 1. The van der Waals surface area contributed by atoms with Gasteiger partial charge in [0.05, 0.1) is 9.26 Å². The van der Waals surface area contributed by atoms with Gasteiger partial charge in [0, 0.05) is 0 Å². The zero-order valence-corrected chi connectivity index (χ0v) is 6.72. The minimum absolute atomic E-state index is 0.210. The Morgan fingerprint density at radius 3 is 2.56 bits per heavy atom. The zero-order chi connectivity index (χ0) is 6.85. The number of halogens is 2. The highest BCUT2D eigenvalue weighted by Crippen LogP contribution is 2.15. The molecule has 1 aromatic rings. The summed E-state index contributed by atoms with van der Waals surface area (Å²) < 4.78 is 13.2. The van der Waals surface area contributed by atoms with Gasteiger partial charge in [-0.1, -0.05) is 6.07 Å². The molecule has 0 spiro atoms. The minimum Gasteiger partial charge on any atom is -0.396 e. The van der Waals surface area contributed by atoms with E-state index in [0.717, 1.165) is 0 Å². The van der Waals surface area contributed by atoms with E-state index >= 15 is 0 Å². The molecule has 0 saturated heterocycles. The maximum absolute atomic E-state index is 12.6. The van der Waals surface area contributed by atoms with Crippen molar-refractivity contribution in [1.82, 2.24) is 0 Å². The first kappa shape index (κ1) is 6.80. The van der Waals surface area contributed by atoms with Crippen LogP contribution in [0.3, 0.4) is 0 Å². The molecular formula is C6H5FIN. The fourth-order valence-corrected chi connectivity index (χ4v) is 1.04. The van der Waals surface area contributed by atoms with E-state index in [1.54, 1.807) is 12.1 Å². The van der Waals surface area contributed by atoms with Crippen LogP contribution in [0, 0.1) is 9.39 Å². The summed E-state index contributed by atoms with van der Waals surface area (Å²) in [5, 5.41) is 0. The predicted octanol–water partition coefficient (Wildman–Crippen LogP) is 2.01. The van der Waals surface area contributed by atoms with Gasteiger partial charge in [0.1, 0.15) is 0 Å². The van der Waals surface area contributed by atoms with Gasteiger partial charge in [-0.3, -0.25) is 0 Å². The molecule has 0 bridgehead atoms. The highest BCUT2D eigenvalue weighted by molar-refractivity contribution is 14.1. The van der Waals surface area contributed by atoms with E-state index in [9.17, 15) is 4.39 Å². The number of hydrogen-bond donors (Lipinski definition) is 1. The molecule has 0 aliphatic carbocycles. The fourth-order valence-electron chi connectivity index (χ4n) is 0.520. The standard InChI is InChI=1S/C6H5FIN/c7-6-4(8)2-1-3-5(6)9/h1-3H,9H2. The molecule has 0 amide bonds. The van der Waals surface area contributed by atoms with Crippen LogP contribution in [0.4, 0.5) is 10.1 Å². The van der Waals surface area contributed by atoms with Crippen molar-refractivity contribution >= 4 is 28.3 Å². The van der Waals surface area contributed by atoms with E-state index in [-0.39, 0.29) is 11.5 Å². The second kappa shape index (κ2) is 2.51. The molecule has 1 nitrogen and oxygen atoms in total. The number of hydrogen-bond acceptors (Lipinski definition) is 1. The van der Waals surface area contributed by atoms with Crippen molar-refractivity contribution in [3.63, 3.8) is 0 Å². The maximum Gasteiger partial charge on any atom is 0.159 e. The van der Waals surface area contributed by atoms with E-state index in [2.05, 4.69) is 0 Å². The average Bonchev–Trinajstić information content (AvgIpc) is 1.83. The van der Waals surface area contributed by atoms with Crippen molar-refractivity contribution in [2.75, 3.05) is 5.73 Å². The summed E-state index contributed by atoms with van der Waals surface area (Å²) in [5.41, 5.74) is 5.45. The monoisotopic (exact) mass is 237 g/mol. The highest BCUT2D eigenvalue weighted by atomic mass is 127. The largest absolute Gasteiger partial charge is 0.396 e. The first-order chi connectivity index (χ1) is 4.22. The zero-order valence-electron chi connectivity index (χ0n) is 4.57. The van der Waals surface area contributed by atoms with Crippen LogP contribution in [-0.2, 0) is 0 Å². The molecule has 9 heavy (non-hydrogen) atoms. The molecule has 0 saturated carbocycles. The molecule has 0 unspecified atom stereocenters. The van der Waals surface area contributed by atoms with E-state index in [1.807, 2.05) is 22.6 Å². The van der Waals surface area contributed by atoms with Gasteiger partial charge in [-0.15, -0.1) is 0 Å². The Hall–Kier alpha value is -0.320. The summed E-state index contributed by atoms with van der Waals surface area (Å²) in [6, 6.07) is 4.93. The lowest BCUT2D eigenvalue weighted by atomic mass is 10.3. The summed E-state index contributed by atoms with van der Waals surface area (Å²) in [6.07, 6.45) is 0. The van der Waals surface area contributed by atoms with Crippen LogP contribution in [0.1, 0.15) is 0 Å². The Labute approximate surface area is 66.2 Å². The summed E-state index contributed by atoms with van der Waals surface area (Å²) in [7, 11) is 0. The molecule has 0 aromatic heterocycles. The molecule has 0 atom stereocenters. The van der Waals surface area contributed by atoms with Crippen LogP contribution in [0.25, 0.3) is 0 Å². The molecule has 1 rings (SSSR count). The highest BCUT2D eigenvalue weighted by Gasteiger charge is 1.99. The quantitative estimate of drug-likeness (QED) is 0.542. The van der Waals surface area contributed by atoms with Crippen LogP contribution in [-0.4, -0.2) is 0 Å². The van der Waals surface area contributed by atoms with Gasteiger partial charge in [0.2, 0.25) is 0 Å². The Bertz CT molecular complexity index is 204. The first-order valence-electron chi connectivity index (χ1n) is 2.41. The number of anilines is 1. The van der Waals surface area contributed by atoms with Crippen molar-refractivity contribution < 1.29 is 4.39 Å². The van der Waals surface area contributed by atoms with Crippen LogP contribution in [0.2, 0.25) is 0 Å². The van der Waals surface area contributed by atoms with Crippen molar-refractivity contribution in [3.8, 4) is 0 Å². The third-order valence-corrected chi connectivity index (χ3v) is 1.81. The number of rotatable bonds is 0. The third kappa shape index (κ3) is 1.32. The van der Waals surface area contributed by atoms with E-state index in [1.165, 1.54) is 6.07 Å². The first-order valence-corrected chi connectivity index (χ1v) is 3.49. The predicted molar refractivity (Wildman–Crippen MR) is 43.5 cm³/mol. The van der Waals surface area contributed by atoms with Crippen LogP contribution >= 0.6 is 22.6 Å². The Kier molecular flexibility index (Phi) is 1.90. The molecule has 48 valence electrons. The van der Waals surface area contributed by atoms with Crippen molar-refractivity contribution in [2.24, 2.45) is 0 Å². The normalized spacial score (nSPS) is 9.56. The lowest BCUT2D eigenvalue weighted by Crippen LogP contribution is -1.91. The van der Waals surface area contributed by atoms with Gasteiger partial charge in [-0.05, 0) is 34.7 Å². The number of nitrogens with two attached hydrogens (primary N) is 1.